The molecule has 2 fully saturated rings. The topological polar surface area (TPSA) is 133 Å². The largest absolute Gasteiger partial charge is 0.494 e. The summed E-state index contributed by atoms with van der Waals surface area (Å²) in [4.78, 5) is 47.4. The van der Waals surface area contributed by atoms with Gasteiger partial charge in [-0.1, -0.05) is 24.3 Å². The minimum Gasteiger partial charge on any atom is -0.466 e. The Morgan fingerprint density at radius 1 is 0.725 bits per heavy atom. The van der Waals surface area contributed by atoms with Crippen LogP contribution in [0.5, 0.6) is 0 Å². The molecule has 220 valence electrons. The van der Waals surface area contributed by atoms with Crippen LogP contribution < -0.4 is 5.46 Å². The van der Waals surface area contributed by atoms with E-state index in [9.17, 15) is 19.2 Å². The number of benzene rings is 1. The molecule has 40 heavy (non-hydrogen) atoms. The molecule has 3 rings (SSSR count). The summed E-state index contributed by atoms with van der Waals surface area (Å²) in [6.45, 7) is 12.8. The highest BCUT2D eigenvalue weighted by atomic mass is 16.7. The number of rotatable bonds is 9. The van der Waals surface area contributed by atoms with E-state index in [1.807, 2.05) is 52.0 Å². The summed E-state index contributed by atoms with van der Waals surface area (Å²) in [5, 5.41) is 0. The van der Waals surface area contributed by atoms with Crippen molar-refractivity contribution in [2.24, 2.45) is 0 Å². The minimum absolute atomic E-state index is 0.0156. The van der Waals surface area contributed by atoms with Crippen molar-refractivity contribution in [2.75, 3.05) is 6.61 Å². The normalized spacial score (nSPS) is 27.0. The first-order valence-corrected chi connectivity index (χ1v) is 13.3. The van der Waals surface area contributed by atoms with E-state index >= 15 is 0 Å². The predicted molar refractivity (Wildman–Crippen MR) is 142 cm³/mol. The van der Waals surface area contributed by atoms with Crippen LogP contribution in [0.4, 0.5) is 0 Å². The Morgan fingerprint density at radius 2 is 1.20 bits per heavy atom. The third-order valence-electron chi connectivity index (χ3n) is 7.29. The Bertz CT molecular complexity index is 1070. The van der Waals surface area contributed by atoms with Crippen LogP contribution in [0.2, 0.25) is 0 Å². The van der Waals surface area contributed by atoms with Gasteiger partial charge >= 0.3 is 31.0 Å². The van der Waals surface area contributed by atoms with Gasteiger partial charge in [-0.05, 0) is 38.7 Å². The van der Waals surface area contributed by atoms with E-state index in [1.54, 1.807) is 0 Å². The van der Waals surface area contributed by atoms with E-state index in [4.69, 9.17) is 33.0 Å². The molecule has 0 radical (unpaired) electrons. The van der Waals surface area contributed by atoms with Crippen molar-refractivity contribution in [1.82, 2.24) is 0 Å². The predicted octanol–water partition coefficient (Wildman–Crippen LogP) is 2.04. The number of hydrogen-bond donors (Lipinski definition) is 0. The van der Waals surface area contributed by atoms with Gasteiger partial charge in [-0.3, -0.25) is 19.2 Å². The molecule has 2 saturated heterocycles. The van der Waals surface area contributed by atoms with E-state index in [1.165, 1.54) is 27.7 Å². The average Bonchev–Trinajstić information content (AvgIpc) is 3.04. The van der Waals surface area contributed by atoms with Crippen LogP contribution in [-0.4, -0.2) is 79.3 Å². The SMILES string of the molecule is CC(=O)OCC[C@H]1O[C@H](Cc2ccc(B3OC(C)(C)C(C)(C)O3)cc2)[C@@H](OC(C)=O)[C@@H](OC(C)=O)[C@@H]1OC(C)=O. The monoisotopic (exact) mass is 562 g/mol. The van der Waals surface area contributed by atoms with Gasteiger partial charge in [-0.2, -0.15) is 0 Å². The lowest BCUT2D eigenvalue weighted by Crippen LogP contribution is -2.61. The molecule has 12 heteroatoms. The summed E-state index contributed by atoms with van der Waals surface area (Å²) in [5.41, 5.74) is 0.730. The van der Waals surface area contributed by atoms with Crippen LogP contribution in [0.25, 0.3) is 0 Å². The maximum absolute atomic E-state index is 12.1. The summed E-state index contributed by atoms with van der Waals surface area (Å²) in [7, 11) is -0.526. The van der Waals surface area contributed by atoms with Gasteiger partial charge in [-0.15, -0.1) is 0 Å². The molecule has 0 saturated carbocycles. The highest BCUT2D eigenvalue weighted by molar-refractivity contribution is 6.62. The smallest absolute Gasteiger partial charge is 0.466 e. The maximum atomic E-state index is 12.1. The van der Waals surface area contributed by atoms with Crippen LogP contribution in [0.1, 0.15) is 67.4 Å². The van der Waals surface area contributed by atoms with E-state index < -0.39 is 72.7 Å². The number of hydrogen-bond acceptors (Lipinski definition) is 11. The third-order valence-corrected chi connectivity index (χ3v) is 7.29. The molecule has 0 amide bonds. The molecule has 0 N–H and O–H groups in total. The van der Waals surface area contributed by atoms with E-state index in [0.29, 0.717) is 0 Å². The van der Waals surface area contributed by atoms with Gasteiger partial charge in [0.1, 0.15) is 12.2 Å². The van der Waals surface area contributed by atoms with Crippen molar-refractivity contribution in [3.63, 3.8) is 0 Å². The third kappa shape index (κ3) is 7.83. The van der Waals surface area contributed by atoms with Gasteiger partial charge in [0.2, 0.25) is 0 Å². The lowest BCUT2D eigenvalue weighted by Gasteiger charge is -2.45. The van der Waals surface area contributed by atoms with Crippen LogP contribution >= 0.6 is 0 Å². The van der Waals surface area contributed by atoms with Gasteiger partial charge in [0, 0.05) is 40.5 Å². The van der Waals surface area contributed by atoms with Gasteiger partial charge < -0.3 is 33.0 Å². The summed E-state index contributed by atoms with van der Waals surface area (Å²) in [5.74, 6) is -2.38. The molecule has 11 nitrogen and oxygen atoms in total. The molecule has 0 bridgehead atoms. The molecule has 0 aliphatic carbocycles. The zero-order valence-electron chi connectivity index (χ0n) is 24.4. The molecule has 0 aromatic heterocycles. The quantitative estimate of drug-likeness (QED) is 0.249. The van der Waals surface area contributed by atoms with Gasteiger partial charge in [0.05, 0.1) is 17.8 Å². The van der Waals surface area contributed by atoms with Gasteiger partial charge in [0.25, 0.3) is 0 Å². The number of ether oxygens (including phenoxy) is 5. The second-order valence-electron chi connectivity index (χ2n) is 11.1. The molecule has 0 unspecified atom stereocenters. The van der Waals surface area contributed by atoms with Gasteiger partial charge in [0.15, 0.2) is 18.3 Å². The first-order chi connectivity index (χ1) is 18.6. The highest BCUT2D eigenvalue weighted by Crippen LogP contribution is 2.36. The molecular weight excluding hydrogens is 523 g/mol. The Labute approximate surface area is 235 Å². The lowest BCUT2D eigenvalue weighted by molar-refractivity contribution is -0.248. The Hall–Kier alpha value is -2.96. The molecular formula is C28H39BO11. The van der Waals surface area contributed by atoms with E-state index in [2.05, 4.69) is 0 Å². The van der Waals surface area contributed by atoms with Crippen LogP contribution in [0.15, 0.2) is 24.3 Å². The minimum atomic E-state index is -1.14. The van der Waals surface area contributed by atoms with Crippen molar-refractivity contribution in [3.8, 4) is 0 Å². The highest BCUT2D eigenvalue weighted by Gasteiger charge is 2.53. The molecule has 1 aromatic rings. The fourth-order valence-corrected chi connectivity index (χ4v) is 4.72. The second kappa shape index (κ2) is 12.7. The first-order valence-electron chi connectivity index (χ1n) is 13.3. The van der Waals surface area contributed by atoms with Crippen molar-refractivity contribution in [1.29, 1.82) is 0 Å². The van der Waals surface area contributed by atoms with Crippen molar-refractivity contribution >= 4 is 36.5 Å². The number of esters is 4. The zero-order chi connectivity index (χ0) is 29.8. The molecule has 1 aromatic carbocycles. The zero-order valence-corrected chi connectivity index (χ0v) is 24.4. The summed E-state index contributed by atoms with van der Waals surface area (Å²) >= 11 is 0. The molecule has 2 aliphatic rings. The fourth-order valence-electron chi connectivity index (χ4n) is 4.72. The van der Waals surface area contributed by atoms with Crippen molar-refractivity contribution in [2.45, 2.75) is 110 Å². The molecule has 2 heterocycles. The van der Waals surface area contributed by atoms with E-state index in [-0.39, 0.29) is 19.4 Å². The Balaban J connectivity index is 1.88. The number of carbonyl (C=O) groups excluding carboxylic acids is 4. The summed E-state index contributed by atoms with van der Waals surface area (Å²) in [6.07, 6.45) is -4.47. The van der Waals surface area contributed by atoms with E-state index in [0.717, 1.165) is 11.0 Å². The Kier molecular flexibility index (Phi) is 10.0. The second-order valence-corrected chi connectivity index (χ2v) is 11.1. The van der Waals surface area contributed by atoms with Crippen LogP contribution in [0, 0.1) is 0 Å². The fraction of sp³-hybridized carbons (Fsp3) is 0.643. The molecule has 5 atom stereocenters. The molecule has 0 spiro atoms. The standard InChI is InChI=1S/C28H39BO11/c1-16(30)34-14-13-22-24(35-17(2)31)26(37-19(4)33)25(36-18(3)32)23(38-22)15-20-9-11-21(12-10-20)29-39-27(5,6)28(7,8)40-29/h9-12,22-26H,13-15H2,1-8H3/t22-,23-,24-,25-,26+/m1/s1. The average molecular weight is 562 g/mol. The van der Waals surface area contributed by atoms with Crippen molar-refractivity contribution < 1.29 is 52.2 Å². The van der Waals surface area contributed by atoms with Crippen LogP contribution in [-0.2, 0) is 58.6 Å². The lowest BCUT2D eigenvalue weighted by atomic mass is 9.78. The van der Waals surface area contributed by atoms with Crippen molar-refractivity contribution in [3.05, 3.63) is 29.8 Å². The molecule has 2 aliphatic heterocycles. The van der Waals surface area contributed by atoms with Crippen LogP contribution in [0.3, 0.4) is 0 Å². The summed E-state index contributed by atoms with van der Waals surface area (Å²) < 4.78 is 40.3. The van der Waals surface area contributed by atoms with Gasteiger partial charge in [-0.25, -0.2) is 0 Å². The Morgan fingerprint density at radius 3 is 1.68 bits per heavy atom. The number of carbonyl (C=O) groups is 4. The maximum Gasteiger partial charge on any atom is 0.494 e. The summed E-state index contributed by atoms with van der Waals surface area (Å²) in [6, 6.07) is 7.57. The first kappa shape index (κ1) is 31.6.